The van der Waals surface area contributed by atoms with Crippen LogP contribution in [0.1, 0.15) is 45.2 Å². The molecule has 0 unspecified atom stereocenters. The predicted molar refractivity (Wildman–Crippen MR) is 81.3 cm³/mol. The second kappa shape index (κ2) is 7.29. The molecule has 19 heavy (non-hydrogen) atoms. The number of rotatable bonds is 6. The van der Waals surface area contributed by atoms with Gasteiger partial charge in [0.15, 0.2) is 0 Å². The molecule has 2 atom stereocenters. The van der Waals surface area contributed by atoms with E-state index in [4.69, 9.17) is 5.73 Å². The van der Waals surface area contributed by atoms with Gasteiger partial charge < -0.3 is 11.1 Å². The van der Waals surface area contributed by atoms with E-state index in [0.29, 0.717) is 0 Å². The largest absolute Gasteiger partial charge is 0.324 e. The molecule has 1 aromatic rings. The molecule has 0 aliphatic rings. The molecule has 0 fully saturated rings. The molecule has 0 radical (unpaired) electrons. The van der Waals surface area contributed by atoms with E-state index in [2.05, 4.69) is 38.2 Å². The molecule has 0 saturated carbocycles. The number of carbonyl (C=O) groups excluding carboxylic acids is 1. The van der Waals surface area contributed by atoms with E-state index in [1.165, 1.54) is 11.1 Å². The van der Waals surface area contributed by atoms with Crippen molar-refractivity contribution in [2.45, 2.75) is 53.0 Å². The SMILES string of the molecule is CCc1cccc(CC)c1NC(=O)[C@@H](N)[C@@H](C)CC. The van der Waals surface area contributed by atoms with E-state index in [9.17, 15) is 4.79 Å². The Balaban J connectivity index is 2.95. The molecule has 0 aromatic heterocycles. The Kier molecular flexibility index (Phi) is 6.03. The van der Waals surface area contributed by atoms with Crippen molar-refractivity contribution in [1.29, 1.82) is 0 Å². The van der Waals surface area contributed by atoms with E-state index in [-0.39, 0.29) is 11.8 Å². The minimum atomic E-state index is -0.445. The number of para-hydroxylation sites is 1. The van der Waals surface area contributed by atoms with Gasteiger partial charge in [0.1, 0.15) is 0 Å². The first-order valence-corrected chi connectivity index (χ1v) is 7.22. The highest BCUT2D eigenvalue weighted by Gasteiger charge is 2.20. The first kappa shape index (κ1) is 15.7. The Morgan fingerprint density at radius 2 is 1.74 bits per heavy atom. The topological polar surface area (TPSA) is 55.1 Å². The molecular weight excluding hydrogens is 236 g/mol. The number of aryl methyl sites for hydroxylation is 2. The summed E-state index contributed by atoms with van der Waals surface area (Å²) in [5.74, 6) is 0.115. The number of anilines is 1. The number of nitrogens with one attached hydrogen (secondary N) is 1. The molecule has 0 heterocycles. The standard InChI is InChI=1S/C16H26N2O/c1-5-11(4)14(17)16(19)18-15-12(6-2)9-8-10-13(15)7-3/h8-11,14H,5-7,17H2,1-4H3,(H,18,19)/t11-,14-/m0/s1. The minimum Gasteiger partial charge on any atom is -0.324 e. The van der Waals surface area contributed by atoms with Gasteiger partial charge in [-0.05, 0) is 29.9 Å². The lowest BCUT2D eigenvalue weighted by molar-refractivity contribution is -0.118. The molecule has 3 heteroatoms. The van der Waals surface area contributed by atoms with Crippen molar-refractivity contribution in [1.82, 2.24) is 0 Å². The number of benzene rings is 1. The van der Waals surface area contributed by atoms with Crippen LogP contribution in [0, 0.1) is 5.92 Å². The van der Waals surface area contributed by atoms with Crippen LogP contribution in [0.3, 0.4) is 0 Å². The maximum absolute atomic E-state index is 12.2. The van der Waals surface area contributed by atoms with E-state index in [1.54, 1.807) is 0 Å². The second-order valence-electron chi connectivity index (χ2n) is 5.06. The molecule has 3 N–H and O–H groups in total. The first-order valence-electron chi connectivity index (χ1n) is 7.22. The van der Waals surface area contributed by atoms with Gasteiger partial charge in [-0.25, -0.2) is 0 Å². The third kappa shape index (κ3) is 3.80. The lowest BCUT2D eigenvalue weighted by atomic mass is 9.98. The van der Waals surface area contributed by atoms with Gasteiger partial charge in [0.2, 0.25) is 5.91 Å². The van der Waals surface area contributed by atoms with Gasteiger partial charge in [-0.1, -0.05) is 52.3 Å². The average Bonchev–Trinajstić information content (AvgIpc) is 2.45. The summed E-state index contributed by atoms with van der Waals surface area (Å²) in [6, 6.07) is 5.72. The number of carbonyl (C=O) groups is 1. The minimum absolute atomic E-state index is 0.0787. The smallest absolute Gasteiger partial charge is 0.241 e. The van der Waals surface area contributed by atoms with Crippen molar-refractivity contribution < 1.29 is 4.79 Å². The summed E-state index contributed by atoms with van der Waals surface area (Å²) < 4.78 is 0. The third-order valence-electron chi connectivity index (χ3n) is 3.81. The van der Waals surface area contributed by atoms with Gasteiger partial charge in [0.25, 0.3) is 0 Å². The summed E-state index contributed by atoms with van der Waals surface area (Å²) in [6.45, 7) is 8.25. The molecule has 0 saturated heterocycles. The highest BCUT2D eigenvalue weighted by molar-refractivity contribution is 5.96. The van der Waals surface area contributed by atoms with Crippen LogP contribution in [-0.4, -0.2) is 11.9 Å². The quantitative estimate of drug-likeness (QED) is 0.827. The molecule has 1 rings (SSSR count). The maximum atomic E-state index is 12.2. The van der Waals surface area contributed by atoms with Gasteiger partial charge in [0.05, 0.1) is 6.04 Å². The Bertz CT molecular complexity index is 407. The van der Waals surface area contributed by atoms with Crippen molar-refractivity contribution in [3.05, 3.63) is 29.3 Å². The van der Waals surface area contributed by atoms with E-state index >= 15 is 0 Å². The maximum Gasteiger partial charge on any atom is 0.241 e. The molecule has 0 aliphatic carbocycles. The van der Waals surface area contributed by atoms with Gasteiger partial charge >= 0.3 is 0 Å². The Morgan fingerprint density at radius 3 is 2.16 bits per heavy atom. The first-order chi connectivity index (χ1) is 9.04. The lowest BCUT2D eigenvalue weighted by Gasteiger charge is -2.20. The Morgan fingerprint density at radius 1 is 1.21 bits per heavy atom. The number of hydrogen-bond acceptors (Lipinski definition) is 2. The van der Waals surface area contributed by atoms with Crippen LogP contribution < -0.4 is 11.1 Å². The fourth-order valence-corrected chi connectivity index (χ4v) is 2.12. The van der Waals surface area contributed by atoms with Crippen LogP contribution in [0.2, 0.25) is 0 Å². The molecule has 3 nitrogen and oxygen atoms in total. The van der Waals surface area contributed by atoms with E-state index in [0.717, 1.165) is 24.9 Å². The number of amides is 1. The Hall–Kier alpha value is -1.35. The third-order valence-corrected chi connectivity index (χ3v) is 3.81. The molecule has 1 amide bonds. The van der Waals surface area contributed by atoms with Crippen LogP contribution in [-0.2, 0) is 17.6 Å². The molecule has 0 spiro atoms. The highest BCUT2D eigenvalue weighted by atomic mass is 16.2. The number of hydrogen-bond donors (Lipinski definition) is 2. The summed E-state index contributed by atoms with van der Waals surface area (Å²) in [5.41, 5.74) is 9.29. The summed E-state index contributed by atoms with van der Waals surface area (Å²) in [6.07, 6.45) is 2.72. The summed E-state index contributed by atoms with van der Waals surface area (Å²) in [7, 11) is 0. The van der Waals surface area contributed by atoms with Crippen molar-refractivity contribution in [3.8, 4) is 0 Å². The zero-order valence-electron chi connectivity index (χ0n) is 12.5. The fraction of sp³-hybridized carbons (Fsp3) is 0.562. The zero-order chi connectivity index (χ0) is 14.4. The molecular formula is C16H26N2O. The highest BCUT2D eigenvalue weighted by Crippen LogP contribution is 2.23. The van der Waals surface area contributed by atoms with Gasteiger partial charge in [-0.3, -0.25) is 4.79 Å². The zero-order valence-corrected chi connectivity index (χ0v) is 12.5. The normalized spacial score (nSPS) is 13.9. The van der Waals surface area contributed by atoms with Gasteiger partial charge in [-0.15, -0.1) is 0 Å². The van der Waals surface area contributed by atoms with E-state index in [1.807, 2.05) is 13.0 Å². The molecule has 0 aliphatic heterocycles. The van der Waals surface area contributed by atoms with Crippen LogP contribution >= 0.6 is 0 Å². The monoisotopic (exact) mass is 262 g/mol. The van der Waals surface area contributed by atoms with Crippen LogP contribution in [0.5, 0.6) is 0 Å². The van der Waals surface area contributed by atoms with Crippen molar-refractivity contribution in [2.24, 2.45) is 11.7 Å². The lowest BCUT2D eigenvalue weighted by Crippen LogP contribution is -2.41. The van der Waals surface area contributed by atoms with Crippen LogP contribution in [0.4, 0.5) is 5.69 Å². The predicted octanol–water partition coefficient (Wildman–Crippen LogP) is 3.12. The fourth-order valence-electron chi connectivity index (χ4n) is 2.12. The molecule has 1 aromatic carbocycles. The molecule has 106 valence electrons. The van der Waals surface area contributed by atoms with Crippen LogP contribution in [0.15, 0.2) is 18.2 Å². The molecule has 0 bridgehead atoms. The van der Waals surface area contributed by atoms with Crippen molar-refractivity contribution in [2.75, 3.05) is 5.32 Å². The Labute approximate surface area is 116 Å². The summed E-state index contributed by atoms with van der Waals surface area (Å²) in [4.78, 5) is 12.2. The van der Waals surface area contributed by atoms with Gasteiger partial charge in [-0.2, -0.15) is 0 Å². The van der Waals surface area contributed by atoms with E-state index < -0.39 is 6.04 Å². The average molecular weight is 262 g/mol. The summed E-state index contributed by atoms with van der Waals surface area (Å²) in [5, 5.41) is 3.03. The van der Waals surface area contributed by atoms with Gasteiger partial charge in [0, 0.05) is 5.69 Å². The second-order valence-corrected chi connectivity index (χ2v) is 5.06. The van der Waals surface area contributed by atoms with Crippen molar-refractivity contribution >= 4 is 11.6 Å². The number of nitrogens with two attached hydrogens (primary N) is 1. The van der Waals surface area contributed by atoms with Crippen molar-refractivity contribution in [3.63, 3.8) is 0 Å². The summed E-state index contributed by atoms with van der Waals surface area (Å²) >= 11 is 0. The van der Waals surface area contributed by atoms with Crippen LogP contribution in [0.25, 0.3) is 0 Å².